The number of nitro benzene ring substituents is 1. The van der Waals surface area contributed by atoms with Gasteiger partial charge in [0.2, 0.25) is 0 Å². The maximum absolute atomic E-state index is 11.7. The van der Waals surface area contributed by atoms with Crippen LogP contribution in [0, 0.1) is 10.1 Å². The van der Waals surface area contributed by atoms with Gasteiger partial charge < -0.3 is 4.42 Å². The van der Waals surface area contributed by atoms with Crippen LogP contribution in [0.2, 0.25) is 0 Å². The number of rotatable bonds is 1. The summed E-state index contributed by atoms with van der Waals surface area (Å²) in [6.45, 7) is 0. The predicted molar refractivity (Wildman–Crippen MR) is 64.4 cm³/mol. The topological polar surface area (TPSA) is 86.2 Å². The van der Waals surface area contributed by atoms with Crippen LogP contribution < -0.4 is 5.63 Å². The molecule has 0 spiro atoms. The number of nitro groups is 1. The Labute approximate surface area is 99.6 Å². The zero-order chi connectivity index (χ0) is 12.7. The van der Waals surface area contributed by atoms with Crippen molar-refractivity contribution in [3.05, 3.63) is 57.1 Å². The maximum Gasteiger partial charge on any atom is 0.345 e. The van der Waals surface area contributed by atoms with Crippen LogP contribution in [0.1, 0.15) is 0 Å². The molecule has 6 heteroatoms. The number of fused-ring (bicyclic) bond motifs is 3. The van der Waals surface area contributed by atoms with Gasteiger partial charge in [-0.1, -0.05) is 0 Å². The molecule has 0 saturated carbocycles. The Balaban J connectivity index is 2.54. The predicted octanol–water partition coefficient (Wildman–Crippen LogP) is 2.25. The van der Waals surface area contributed by atoms with E-state index in [9.17, 15) is 14.9 Å². The molecular formula is C12H6N2O4. The van der Waals surface area contributed by atoms with E-state index in [-0.39, 0.29) is 11.3 Å². The largest absolute Gasteiger partial charge is 0.422 e. The lowest BCUT2D eigenvalue weighted by Gasteiger charge is -2.00. The second-order valence-corrected chi connectivity index (χ2v) is 3.73. The summed E-state index contributed by atoms with van der Waals surface area (Å²) < 4.78 is 5.09. The van der Waals surface area contributed by atoms with E-state index in [2.05, 4.69) is 4.98 Å². The molecular weight excluding hydrogens is 236 g/mol. The van der Waals surface area contributed by atoms with Gasteiger partial charge in [-0.25, -0.2) is 4.79 Å². The van der Waals surface area contributed by atoms with Crippen molar-refractivity contribution >= 4 is 27.6 Å². The highest BCUT2D eigenvalue weighted by atomic mass is 16.6. The molecule has 0 N–H and O–H groups in total. The fourth-order valence-electron chi connectivity index (χ4n) is 1.85. The quantitative estimate of drug-likeness (QED) is 0.282. The van der Waals surface area contributed by atoms with Crippen LogP contribution in [0.4, 0.5) is 5.69 Å². The van der Waals surface area contributed by atoms with E-state index in [1.807, 2.05) is 0 Å². The number of aromatic nitrogens is 1. The molecule has 0 aliphatic heterocycles. The van der Waals surface area contributed by atoms with Crippen molar-refractivity contribution < 1.29 is 9.34 Å². The van der Waals surface area contributed by atoms with Gasteiger partial charge in [-0.15, -0.1) is 0 Å². The van der Waals surface area contributed by atoms with E-state index in [1.165, 1.54) is 24.4 Å². The summed E-state index contributed by atoms with van der Waals surface area (Å²) in [5.74, 6) is 0. The summed E-state index contributed by atoms with van der Waals surface area (Å²) >= 11 is 0. The van der Waals surface area contributed by atoms with Gasteiger partial charge >= 0.3 is 5.63 Å². The average Bonchev–Trinajstić information content (AvgIpc) is 2.38. The Morgan fingerprint density at radius 2 is 2.06 bits per heavy atom. The summed E-state index contributed by atoms with van der Waals surface area (Å²) in [5, 5.41) is 11.5. The highest BCUT2D eigenvalue weighted by Crippen LogP contribution is 2.24. The molecule has 2 aromatic heterocycles. The van der Waals surface area contributed by atoms with E-state index in [0.717, 1.165) is 0 Å². The second kappa shape index (κ2) is 3.63. The van der Waals surface area contributed by atoms with E-state index in [4.69, 9.17) is 4.42 Å². The normalized spacial score (nSPS) is 10.9. The molecule has 3 aromatic rings. The molecule has 0 unspecified atom stereocenters. The highest BCUT2D eigenvalue weighted by molar-refractivity contribution is 6.02. The first-order chi connectivity index (χ1) is 8.66. The molecule has 0 bridgehead atoms. The van der Waals surface area contributed by atoms with Gasteiger partial charge in [-0.2, -0.15) is 0 Å². The van der Waals surface area contributed by atoms with Crippen molar-refractivity contribution in [1.29, 1.82) is 0 Å². The van der Waals surface area contributed by atoms with Crippen LogP contribution in [0.15, 0.2) is 45.7 Å². The fraction of sp³-hybridized carbons (Fsp3) is 0. The molecule has 0 amide bonds. The molecule has 0 saturated heterocycles. The van der Waals surface area contributed by atoms with Gasteiger partial charge in [-0.3, -0.25) is 15.1 Å². The molecule has 0 aliphatic rings. The van der Waals surface area contributed by atoms with Gasteiger partial charge in [0.25, 0.3) is 5.69 Å². The number of pyridine rings is 1. The third-order valence-corrected chi connectivity index (χ3v) is 2.66. The lowest BCUT2D eigenvalue weighted by Crippen LogP contribution is -2.01. The number of non-ortho nitro benzene ring substituents is 1. The zero-order valence-electron chi connectivity index (χ0n) is 8.99. The van der Waals surface area contributed by atoms with Crippen molar-refractivity contribution in [2.45, 2.75) is 0 Å². The van der Waals surface area contributed by atoms with Crippen LogP contribution in [0.25, 0.3) is 21.9 Å². The van der Waals surface area contributed by atoms with Crippen LogP contribution in [0.3, 0.4) is 0 Å². The first kappa shape index (κ1) is 10.4. The second-order valence-electron chi connectivity index (χ2n) is 3.73. The molecule has 0 aliphatic carbocycles. The average molecular weight is 242 g/mol. The van der Waals surface area contributed by atoms with Crippen LogP contribution in [0.5, 0.6) is 0 Å². The Bertz CT molecular complexity index is 838. The van der Waals surface area contributed by atoms with Crippen LogP contribution in [-0.4, -0.2) is 9.91 Å². The Morgan fingerprint density at radius 1 is 1.22 bits per heavy atom. The van der Waals surface area contributed by atoms with E-state index in [1.54, 1.807) is 12.1 Å². The molecule has 18 heavy (non-hydrogen) atoms. The summed E-state index contributed by atoms with van der Waals surface area (Å²) in [4.78, 5) is 26.0. The molecule has 3 rings (SSSR count). The van der Waals surface area contributed by atoms with E-state index < -0.39 is 10.5 Å². The lowest BCUT2D eigenvalue weighted by atomic mass is 10.1. The van der Waals surface area contributed by atoms with Crippen molar-refractivity contribution in [3.8, 4) is 0 Å². The minimum absolute atomic E-state index is 0.0664. The van der Waals surface area contributed by atoms with Gasteiger partial charge in [0.1, 0.15) is 5.58 Å². The van der Waals surface area contributed by atoms with Crippen molar-refractivity contribution in [3.63, 3.8) is 0 Å². The Hall–Kier alpha value is -2.76. The maximum atomic E-state index is 11.7. The number of benzene rings is 1. The minimum atomic E-state index is -0.501. The van der Waals surface area contributed by atoms with Crippen molar-refractivity contribution in [2.75, 3.05) is 0 Å². The monoisotopic (exact) mass is 242 g/mol. The molecule has 88 valence electrons. The standard InChI is InChI=1S/C12H6N2O4/c15-12-8-2-1-5-13-11(8)9-6-7(14(16)17)3-4-10(9)18-12/h1-6H. The number of hydrogen-bond acceptors (Lipinski definition) is 5. The molecule has 0 radical (unpaired) electrons. The van der Waals surface area contributed by atoms with Gasteiger partial charge in [0, 0.05) is 18.3 Å². The molecule has 1 aromatic carbocycles. The zero-order valence-corrected chi connectivity index (χ0v) is 8.99. The molecule has 2 heterocycles. The first-order valence-electron chi connectivity index (χ1n) is 5.13. The number of hydrogen-bond donors (Lipinski definition) is 0. The minimum Gasteiger partial charge on any atom is -0.422 e. The van der Waals surface area contributed by atoms with Gasteiger partial charge in [0.05, 0.1) is 21.2 Å². The third-order valence-electron chi connectivity index (χ3n) is 2.66. The van der Waals surface area contributed by atoms with E-state index >= 15 is 0 Å². The Morgan fingerprint density at radius 3 is 2.83 bits per heavy atom. The molecule has 0 atom stereocenters. The third kappa shape index (κ3) is 1.43. The van der Waals surface area contributed by atoms with Crippen molar-refractivity contribution in [1.82, 2.24) is 4.98 Å². The smallest absolute Gasteiger partial charge is 0.345 e. The Kier molecular flexibility index (Phi) is 2.09. The van der Waals surface area contributed by atoms with Crippen LogP contribution in [-0.2, 0) is 0 Å². The first-order valence-corrected chi connectivity index (χ1v) is 5.13. The van der Waals surface area contributed by atoms with E-state index in [0.29, 0.717) is 16.3 Å². The van der Waals surface area contributed by atoms with Gasteiger partial charge in [-0.05, 0) is 18.2 Å². The number of nitrogens with zero attached hydrogens (tertiary/aromatic N) is 2. The van der Waals surface area contributed by atoms with Crippen molar-refractivity contribution in [2.24, 2.45) is 0 Å². The lowest BCUT2D eigenvalue weighted by molar-refractivity contribution is -0.384. The van der Waals surface area contributed by atoms with Gasteiger partial charge in [0.15, 0.2) is 0 Å². The molecule has 6 nitrogen and oxygen atoms in total. The summed E-state index contributed by atoms with van der Waals surface area (Å²) in [6, 6.07) is 7.24. The summed E-state index contributed by atoms with van der Waals surface area (Å²) in [7, 11) is 0. The highest BCUT2D eigenvalue weighted by Gasteiger charge is 2.12. The summed E-state index contributed by atoms with van der Waals surface area (Å²) in [6.07, 6.45) is 1.53. The molecule has 0 fully saturated rings. The van der Waals surface area contributed by atoms with Crippen LogP contribution >= 0.6 is 0 Å². The summed E-state index contributed by atoms with van der Waals surface area (Å²) in [5.41, 5.74) is 0.131. The SMILES string of the molecule is O=c1oc2ccc([N+](=O)[O-])cc2c2ncccc12. The fourth-order valence-corrected chi connectivity index (χ4v) is 1.85.